The summed E-state index contributed by atoms with van der Waals surface area (Å²) < 4.78 is 6.18. The van der Waals surface area contributed by atoms with Crippen LogP contribution < -0.4 is 15.5 Å². The van der Waals surface area contributed by atoms with Crippen LogP contribution in [-0.4, -0.2) is 30.5 Å². The topological polar surface area (TPSA) is 96.9 Å². The summed E-state index contributed by atoms with van der Waals surface area (Å²) in [6, 6.07) is 14.5. The highest BCUT2D eigenvalue weighted by atomic mass is 79.9. The number of halogens is 1. The lowest BCUT2D eigenvalue weighted by atomic mass is 10.1. The van der Waals surface area contributed by atoms with E-state index in [-0.39, 0.29) is 12.5 Å². The average Bonchev–Trinajstić information content (AvgIpc) is 2.88. The SMILES string of the molecule is CCCCCCCCCC(=O)NCC(=O)N/N=C\c1cc(Br)ccc1OC(=O)/C=C/c1ccccc1. The van der Waals surface area contributed by atoms with Crippen LogP contribution in [0.4, 0.5) is 0 Å². The van der Waals surface area contributed by atoms with Crippen molar-refractivity contribution in [1.82, 2.24) is 10.7 Å². The number of hydrogen-bond donors (Lipinski definition) is 2. The Balaban J connectivity index is 1.76. The van der Waals surface area contributed by atoms with Crippen LogP contribution in [0.1, 0.15) is 69.4 Å². The van der Waals surface area contributed by atoms with Crippen molar-refractivity contribution in [3.63, 3.8) is 0 Å². The first-order valence-electron chi connectivity index (χ1n) is 12.3. The first-order chi connectivity index (χ1) is 17.5. The van der Waals surface area contributed by atoms with Gasteiger partial charge in [0.15, 0.2) is 0 Å². The third kappa shape index (κ3) is 12.4. The zero-order chi connectivity index (χ0) is 26.0. The molecule has 0 fully saturated rings. The third-order valence-corrected chi connectivity index (χ3v) is 5.73. The van der Waals surface area contributed by atoms with Crippen LogP contribution in [0.2, 0.25) is 0 Å². The number of hydrazone groups is 1. The maximum absolute atomic E-state index is 12.2. The summed E-state index contributed by atoms with van der Waals surface area (Å²) in [7, 11) is 0. The second-order valence-corrected chi connectivity index (χ2v) is 9.20. The summed E-state index contributed by atoms with van der Waals surface area (Å²) >= 11 is 3.38. The van der Waals surface area contributed by atoms with Gasteiger partial charge in [0.2, 0.25) is 5.91 Å². The van der Waals surface area contributed by atoms with Crippen molar-refractivity contribution in [1.29, 1.82) is 0 Å². The lowest BCUT2D eigenvalue weighted by molar-refractivity contribution is -0.129. The van der Waals surface area contributed by atoms with Crippen LogP contribution in [0.5, 0.6) is 5.75 Å². The minimum absolute atomic E-state index is 0.146. The second-order valence-electron chi connectivity index (χ2n) is 8.29. The molecule has 0 saturated heterocycles. The summed E-state index contributed by atoms with van der Waals surface area (Å²) in [5, 5.41) is 6.53. The van der Waals surface area contributed by atoms with Gasteiger partial charge in [-0.05, 0) is 36.3 Å². The fraction of sp³-hybridized carbons (Fsp3) is 0.357. The molecule has 0 bridgehead atoms. The van der Waals surface area contributed by atoms with Crippen LogP contribution in [0, 0.1) is 0 Å². The van der Waals surface area contributed by atoms with E-state index in [0.29, 0.717) is 17.7 Å². The van der Waals surface area contributed by atoms with Gasteiger partial charge in [-0.15, -0.1) is 0 Å². The molecule has 0 radical (unpaired) electrons. The molecule has 8 heteroatoms. The van der Waals surface area contributed by atoms with Gasteiger partial charge in [-0.3, -0.25) is 9.59 Å². The minimum atomic E-state index is -0.538. The third-order valence-electron chi connectivity index (χ3n) is 5.24. The first kappa shape index (κ1) is 29.0. The molecule has 2 aromatic carbocycles. The number of hydrogen-bond acceptors (Lipinski definition) is 5. The summed E-state index contributed by atoms with van der Waals surface area (Å²) in [5.41, 5.74) is 3.75. The minimum Gasteiger partial charge on any atom is -0.423 e. The van der Waals surface area contributed by atoms with E-state index < -0.39 is 11.9 Å². The highest BCUT2D eigenvalue weighted by Crippen LogP contribution is 2.22. The molecule has 0 saturated carbocycles. The molecule has 7 nitrogen and oxygen atoms in total. The molecule has 0 aliphatic carbocycles. The van der Waals surface area contributed by atoms with Crippen LogP contribution >= 0.6 is 15.9 Å². The Bertz CT molecular complexity index is 1040. The van der Waals surface area contributed by atoms with Gasteiger partial charge in [-0.1, -0.05) is 91.7 Å². The summed E-state index contributed by atoms with van der Waals surface area (Å²) in [6.07, 6.45) is 12.7. The quantitative estimate of drug-likeness (QED) is 0.0727. The highest BCUT2D eigenvalue weighted by Gasteiger charge is 2.08. The van der Waals surface area contributed by atoms with Crippen LogP contribution in [-0.2, 0) is 14.4 Å². The van der Waals surface area contributed by atoms with Crippen molar-refractivity contribution < 1.29 is 19.1 Å². The van der Waals surface area contributed by atoms with Crippen LogP contribution in [0.3, 0.4) is 0 Å². The van der Waals surface area contributed by atoms with E-state index in [0.717, 1.165) is 29.3 Å². The predicted octanol–water partition coefficient (Wildman–Crippen LogP) is 5.77. The van der Waals surface area contributed by atoms with E-state index in [1.54, 1.807) is 24.3 Å². The van der Waals surface area contributed by atoms with E-state index in [1.807, 2.05) is 30.3 Å². The van der Waals surface area contributed by atoms with E-state index >= 15 is 0 Å². The van der Waals surface area contributed by atoms with E-state index in [1.165, 1.54) is 38.0 Å². The number of ether oxygens (including phenoxy) is 1. The van der Waals surface area contributed by atoms with E-state index in [2.05, 4.69) is 38.7 Å². The molecule has 0 aliphatic rings. The van der Waals surface area contributed by atoms with Gasteiger partial charge in [0, 0.05) is 22.5 Å². The van der Waals surface area contributed by atoms with Crippen molar-refractivity contribution >= 4 is 46.0 Å². The monoisotopic (exact) mass is 555 g/mol. The first-order valence-corrected chi connectivity index (χ1v) is 13.1. The molecule has 0 atom stereocenters. The Labute approximate surface area is 221 Å². The smallest absolute Gasteiger partial charge is 0.336 e. The predicted molar refractivity (Wildman–Crippen MR) is 147 cm³/mol. The fourth-order valence-corrected chi connectivity index (χ4v) is 3.69. The van der Waals surface area contributed by atoms with Gasteiger partial charge in [0.1, 0.15) is 5.75 Å². The molecule has 0 aromatic heterocycles. The molecule has 0 unspecified atom stereocenters. The van der Waals surface area contributed by atoms with Gasteiger partial charge >= 0.3 is 5.97 Å². The molecule has 0 spiro atoms. The van der Waals surface area contributed by atoms with E-state index in [4.69, 9.17) is 4.74 Å². The Morgan fingerprint density at radius 2 is 1.67 bits per heavy atom. The molecule has 0 heterocycles. The zero-order valence-corrected chi connectivity index (χ0v) is 22.3. The molecule has 2 amide bonds. The lowest BCUT2D eigenvalue weighted by Gasteiger charge is -2.07. The van der Waals surface area contributed by atoms with Crippen molar-refractivity contribution in [3.8, 4) is 5.75 Å². The maximum atomic E-state index is 12.2. The molecular weight excluding hydrogens is 522 g/mol. The number of nitrogens with one attached hydrogen (secondary N) is 2. The molecule has 0 aliphatic heterocycles. The van der Waals surface area contributed by atoms with Gasteiger partial charge in [-0.25, -0.2) is 10.2 Å². The number of unbranched alkanes of at least 4 members (excludes halogenated alkanes) is 6. The molecular formula is C28H34BrN3O4. The summed E-state index contributed by atoms with van der Waals surface area (Å²) in [6.45, 7) is 2.03. The van der Waals surface area contributed by atoms with Gasteiger partial charge in [0.25, 0.3) is 5.91 Å². The lowest BCUT2D eigenvalue weighted by Crippen LogP contribution is -2.34. The second kappa shape index (κ2) is 17.2. The molecule has 2 rings (SSSR count). The number of carbonyl (C=O) groups excluding carboxylic acids is 3. The molecule has 36 heavy (non-hydrogen) atoms. The standard InChI is InChI=1S/C28H34BrN3O4/c1-2-3-4-5-6-7-11-14-26(33)30-21-27(34)32-31-20-23-19-24(29)16-17-25(23)36-28(35)18-15-22-12-9-8-10-13-22/h8-10,12-13,15-20H,2-7,11,14,21H2,1H3,(H,30,33)(H,32,34)/b18-15+,31-20-. The largest absolute Gasteiger partial charge is 0.423 e. The van der Waals surface area contributed by atoms with Crippen molar-refractivity contribution in [2.24, 2.45) is 5.10 Å². The maximum Gasteiger partial charge on any atom is 0.336 e. The van der Waals surface area contributed by atoms with Crippen LogP contribution in [0.25, 0.3) is 6.08 Å². The number of benzene rings is 2. The molecule has 2 N–H and O–H groups in total. The Kier molecular flexibility index (Phi) is 13.9. The van der Waals surface area contributed by atoms with Crippen molar-refractivity contribution in [3.05, 3.63) is 70.2 Å². The van der Waals surface area contributed by atoms with Crippen molar-refractivity contribution in [2.45, 2.75) is 58.3 Å². The normalized spacial score (nSPS) is 11.1. The number of esters is 1. The van der Waals surface area contributed by atoms with E-state index in [9.17, 15) is 14.4 Å². The van der Waals surface area contributed by atoms with Crippen LogP contribution in [0.15, 0.2) is 64.2 Å². The summed E-state index contributed by atoms with van der Waals surface area (Å²) in [5.74, 6) is -0.837. The Morgan fingerprint density at radius 3 is 2.42 bits per heavy atom. The van der Waals surface area contributed by atoms with Gasteiger partial charge < -0.3 is 10.1 Å². The Morgan fingerprint density at radius 1 is 0.944 bits per heavy atom. The zero-order valence-electron chi connectivity index (χ0n) is 20.7. The molecule has 192 valence electrons. The number of nitrogens with zero attached hydrogens (tertiary/aromatic N) is 1. The van der Waals surface area contributed by atoms with Gasteiger partial charge in [0.05, 0.1) is 12.8 Å². The number of amides is 2. The van der Waals surface area contributed by atoms with Crippen molar-refractivity contribution in [2.75, 3.05) is 6.54 Å². The summed E-state index contributed by atoms with van der Waals surface area (Å²) in [4.78, 5) is 36.2. The number of carbonyl (C=O) groups is 3. The fourth-order valence-electron chi connectivity index (χ4n) is 3.31. The highest BCUT2D eigenvalue weighted by molar-refractivity contribution is 9.10. The average molecular weight is 557 g/mol. The van der Waals surface area contributed by atoms with Gasteiger partial charge in [-0.2, -0.15) is 5.10 Å². The molecule has 2 aromatic rings. The Hall–Kier alpha value is -3.26. The number of rotatable bonds is 15.